The van der Waals surface area contributed by atoms with Crippen molar-refractivity contribution in [3.63, 3.8) is 0 Å². The lowest BCUT2D eigenvalue weighted by Gasteiger charge is -2.18. The van der Waals surface area contributed by atoms with Crippen molar-refractivity contribution in [1.82, 2.24) is 10.2 Å². The van der Waals surface area contributed by atoms with Crippen LogP contribution in [-0.4, -0.2) is 35.8 Å². The molecule has 6 heteroatoms. The van der Waals surface area contributed by atoms with Gasteiger partial charge in [-0.1, -0.05) is 6.07 Å². The average molecular weight is 258 g/mol. The summed E-state index contributed by atoms with van der Waals surface area (Å²) in [4.78, 5) is 13.5. The van der Waals surface area contributed by atoms with E-state index in [2.05, 4.69) is 10.2 Å². The molecule has 6 nitrogen and oxygen atoms in total. The summed E-state index contributed by atoms with van der Waals surface area (Å²) in [6, 6.07) is 5.05. The Kier molecular flexibility index (Phi) is 2.72. The first-order chi connectivity index (χ1) is 9.16. The van der Waals surface area contributed by atoms with E-state index in [4.69, 9.17) is 10.5 Å². The van der Waals surface area contributed by atoms with Gasteiger partial charge in [0.1, 0.15) is 18.4 Å². The summed E-state index contributed by atoms with van der Waals surface area (Å²) in [5, 5.41) is 6.68. The number of likely N-dealkylation sites (N-methyl/N-ethyl adjacent to an activating group) is 1. The van der Waals surface area contributed by atoms with E-state index in [0.717, 1.165) is 16.8 Å². The van der Waals surface area contributed by atoms with Crippen molar-refractivity contribution in [2.45, 2.75) is 6.04 Å². The second kappa shape index (κ2) is 4.40. The lowest BCUT2D eigenvalue weighted by molar-refractivity contribution is -0.119. The van der Waals surface area contributed by atoms with Crippen LogP contribution in [-0.2, 0) is 4.79 Å². The molecule has 1 aliphatic heterocycles. The van der Waals surface area contributed by atoms with E-state index in [9.17, 15) is 4.79 Å². The highest BCUT2D eigenvalue weighted by Crippen LogP contribution is 2.34. The third kappa shape index (κ3) is 1.96. The number of carbonyl (C=O) groups is 1. The number of anilines is 1. The summed E-state index contributed by atoms with van der Waals surface area (Å²) >= 11 is 0. The van der Waals surface area contributed by atoms with Gasteiger partial charge in [0.15, 0.2) is 0 Å². The normalized spacial score (nSPS) is 18.7. The molecule has 1 aromatic heterocycles. The Morgan fingerprint density at radius 3 is 3.05 bits per heavy atom. The Morgan fingerprint density at radius 1 is 1.47 bits per heavy atom. The molecule has 19 heavy (non-hydrogen) atoms. The number of rotatable bonds is 1. The van der Waals surface area contributed by atoms with Gasteiger partial charge in [0, 0.05) is 18.8 Å². The summed E-state index contributed by atoms with van der Waals surface area (Å²) in [5.74, 6) is 0.513. The number of carbonyl (C=O) groups excluding carboxylic acids is 1. The molecule has 2 heterocycles. The van der Waals surface area contributed by atoms with Crippen LogP contribution in [0.15, 0.2) is 30.6 Å². The van der Waals surface area contributed by atoms with Crippen molar-refractivity contribution >= 4 is 11.6 Å². The highest BCUT2D eigenvalue weighted by atomic mass is 16.5. The van der Waals surface area contributed by atoms with E-state index in [0.29, 0.717) is 5.75 Å². The monoisotopic (exact) mass is 258 g/mol. The largest absolute Gasteiger partial charge is 0.489 e. The Balaban J connectivity index is 2.07. The maximum Gasteiger partial charge on any atom is 0.247 e. The molecule has 0 radical (unpaired) electrons. The number of ether oxygens (including phenoxy) is 1. The summed E-state index contributed by atoms with van der Waals surface area (Å²) < 4.78 is 5.56. The van der Waals surface area contributed by atoms with E-state index in [-0.39, 0.29) is 12.5 Å². The minimum atomic E-state index is -0.630. The van der Waals surface area contributed by atoms with E-state index < -0.39 is 6.04 Å². The second-order valence-electron chi connectivity index (χ2n) is 4.48. The van der Waals surface area contributed by atoms with Gasteiger partial charge in [0.25, 0.3) is 0 Å². The van der Waals surface area contributed by atoms with Crippen LogP contribution in [0.25, 0.3) is 11.1 Å². The van der Waals surface area contributed by atoms with Crippen molar-refractivity contribution < 1.29 is 9.53 Å². The molecule has 1 unspecified atom stereocenters. The SMILES string of the molecule is CN1C(=O)C(N)COc2ccc(-c3cn[nH]c3)cc21. The Bertz CT molecular complexity index is 609. The molecule has 1 amide bonds. The van der Waals surface area contributed by atoms with Crippen molar-refractivity contribution in [2.75, 3.05) is 18.6 Å². The standard InChI is InChI=1S/C13H14N4O2/c1-17-11-4-8(9-5-15-16-6-9)2-3-12(11)19-7-10(14)13(17)18/h2-6,10H,7,14H2,1H3,(H,15,16). The number of benzene rings is 1. The predicted octanol–water partition coefficient (Wildman–Crippen LogP) is 0.759. The first-order valence-electron chi connectivity index (χ1n) is 5.96. The zero-order valence-electron chi connectivity index (χ0n) is 10.5. The molecule has 0 bridgehead atoms. The average Bonchev–Trinajstić information content (AvgIpc) is 2.94. The second-order valence-corrected chi connectivity index (χ2v) is 4.48. The number of amides is 1. The number of aromatic nitrogens is 2. The molecule has 2 aromatic rings. The molecule has 0 saturated heterocycles. The number of fused-ring (bicyclic) bond motifs is 1. The summed E-state index contributed by atoms with van der Waals surface area (Å²) in [6.07, 6.45) is 3.53. The van der Waals surface area contributed by atoms with Gasteiger partial charge in [0.2, 0.25) is 5.91 Å². The molecule has 98 valence electrons. The highest BCUT2D eigenvalue weighted by Gasteiger charge is 2.26. The zero-order chi connectivity index (χ0) is 13.4. The number of nitrogens with two attached hydrogens (primary N) is 1. The molecule has 3 rings (SSSR count). The van der Waals surface area contributed by atoms with Gasteiger partial charge < -0.3 is 15.4 Å². The van der Waals surface area contributed by atoms with Crippen LogP contribution in [0.4, 0.5) is 5.69 Å². The van der Waals surface area contributed by atoms with Gasteiger partial charge in [-0.3, -0.25) is 9.89 Å². The van der Waals surface area contributed by atoms with Gasteiger partial charge in [-0.2, -0.15) is 5.10 Å². The number of hydrogen-bond donors (Lipinski definition) is 2. The molecule has 1 atom stereocenters. The van der Waals surface area contributed by atoms with Crippen LogP contribution in [0.5, 0.6) is 5.75 Å². The van der Waals surface area contributed by atoms with Crippen LogP contribution in [0, 0.1) is 0 Å². The lowest BCUT2D eigenvalue weighted by Crippen LogP contribution is -2.43. The third-order valence-electron chi connectivity index (χ3n) is 3.22. The summed E-state index contributed by atoms with van der Waals surface area (Å²) in [5.41, 5.74) is 8.39. The minimum absolute atomic E-state index is 0.150. The molecule has 0 fully saturated rings. The molecule has 1 aromatic carbocycles. The van der Waals surface area contributed by atoms with Crippen molar-refractivity contribution in [3.05, 3.63) is 30.6 Å². The van der Waals surface area contributed by atoms with Crippen molar-refractivity contribution in [1.29, 1.82) is 0 Å². The molecular formula is C13H14N4O2. The quantitative estimate of drug-likeness (QED) is 0.791. The van der Waals surface area contributed by atoms with Crippen LogP contribution in [0.1, 0.15) is 0 Å². The van der Waals surface area contributed by atoms with E-state index >= 15 is 0 Å². The van der Waals surface area contributed by atoms with Crippen LogP contribution in [0.2, 0.25) is 0 Å². The number of H-pyrrole nitrogens is 1. The zero-order valence-corrected chi connectivity index (χ0v) is 10.5. The fraction of sp³-hybridized carbons (Fsp3) is 0.231. The lowest BCUT2D eigenvalue weighted by atomic mass is 10.1. The molecule has 0 spiro atoms. The van der Waals surface area contributed by atoms with E-state index in [1.54, 1.807) is 19.4 Å². The number of nitrogens with one attached hydrogen (secondary N) is 1. The van der Waals surface area contributed by atoms with Gasteiger partial charge in [-0.15, -0.1) is 0 Å². The Morgan fingerprint density at radius 2 is 2.32 bits per heavy atom. The molecule has 0 saturated carbocycles. The van der Waals surface area contributed by atoms with Crippen molar-refractivity contribution in [3.8, 4) is 16.9 Å². The molecule has 0 aliphatic carbocycles. The maximum absolute atomic E-state index is 12.0. The number of hydrogen-bond acceptors (Lipinski definition) is 4. The fourth-order valence-corrected chi connectivity index (χ4v) is 2.11. The Hall–Kier alpha value is -2.34. The number of aromatic amines is 1. The van der Waals surface area contributed by atoms with Crippen LogP contribution >= 0.6 is 0 Å². The highest BCUT2D eigenvalue weighted by molar-refractivity contribution is 5.99. The van der Waals surface area contributed by atoms with Gasteiger partial charge >= 0.3 is 0 Å². The Labute approximate surface area is 110 Å². The van der Waals surface area contributed by atoms with Gasteiger partial charge in [0.05, 0.1) is 11.9 Å². The fourth-order valence-electron chi connectivity index (χ4n) is 2.11. The van der Waals surface area contributed by atoms with Crippen molar-refractivity contribution in [2.24, 2.45) is 5.73 Å². The third-order valence-corrected chi connectivity index (χ3v) is 3.22. The first-order valence-corrected chi connectivity index (χ1v) is 5.96. The van der Waals surface area contributed by atoms with Crippen LogP contribution < -0.4 is 15.4 Å². The van der Waals surface area contributed by atoms with E-state index in [1.165, 1.54) is 4.90 Å². The number of nitrogens with zero attached hydrogens (tertiary/aromatic N) is 2. The minimum Gasteiger partial charge on any atom is -0.489 e. The maximum atomic E-state index is 12.0. The summed E-state index contributed by atoms with van der Waals surface area (Å²) in [7, 11) is 1.70. The van der Waals surface area contributed by atoms with Gasteiger partial charge in [-0.25, -0.2) is 0 Å². The van der Waals surface area contributed by atoms with Gasteiger partial charge in [-0.05, 0) is 17.7 Å². The van der Waals surface area contributed by atoms with E-state index in [1.807, 2.05) is 18.2 Å². The first kappa shape index (κ1) is 11.7. The molecular weight excluding hydrogens is 244 g/mol. The smallest absolute Gasteiger partial charge is 0.247 e. The topological polar surface area (TPSA) is 84.2 Å². The molecule has 3 N–H and O–H groups in total. The summed E-state index contributed by atoms with van der Waals surface area (Å²) in [6.45, 7) is 0.196. The van der Waals surface area contributed by atoms with Crippen LogP contribution in [0.3, 0.4) is 0 Å². The predicted molar refractivity (Wildman–Crippen MR) is 70.9 cm³/mol. The molecule has 1 aliphatic rings.